The molecule has 2 aliphatic heterocycles. The second-order valence-electron chi connectivity index (χ2n) is 5.76. The zero-order chi connectivity index (χ0) is 14.2. The molecule has 2 fully saturated rings. The summed E-state index contributed by atoms with van der Waals surface area (Å²) in [4.78, 5) is 9.74. The van der Waals surface area contributed by atoms with Crippen LogP contribution in [0, 0.1) is 0 Å². The van der Waals surface area contributed by atoms with Crippen molar-refractivity contribution in [2.24, 2.45) is 0 Å². The summed E-state index contributed by atoms with van der Waals surface area (Å²) in [6.45, 7) is 6.05. The Labute approximate surface area is 128 Å². The zero-order valence-electron chi connectivity index (χ0n) is 12.0. The summed E-state index contributed by atoms with van der Waals surface area (Å²) >= 11 is 1.75. The van der Waals surface area contributed by atoms with E-state index in [2.05, 4.69) is 9.80 Å². The van der Waals surface area contributed by atoms with Gasteiger partial charge in [0.05, 0.1) is 23.4 Å². The number of hydrogen-bond donors (Lipinski definition) is 1. The minimum absolute atomic E-state index is 0.644. The minimum Gasteiger partial charge on any atom is -0.399 e. The second-order valence-corrected chi connectivity index (χ2v) is 6.77. The number of ether oxygens (including phenoxy) is 1. The third kappa shape index (κ3) is 2.59. The third-order valence-electron chi connectivity index (χ3n) is 4.40. The van der Waals surface area contributed by atoms with Gasteiger partial charge in [0.25, 0.3) is 0 Å². The van der Waals surface area contributed by atoms with Gasteiger partial charge < -0.3 is 15.4 Å². The van der Waals surface area contributed by atoms with Crippen molar-refractivity contribution in [3.8, 4) is 0 Å². The molecular weight excluding hydrogens is 284 g/mol. The van der Waals surface area contributed by atoms with Crippen LogP contribution in [0.25, 0.3) is 10.2 Å². The van der Waals surface area contributed by atoms with Gasteiger partial charge in [0, 0.05) is 37.9 Å². The van der Waals surface area contributed by atoms with Crippen molar-refractivity contribution in [1.29, 1.82) is 0 Å². The van der Waals surface area contributed by atoms with Gasteiger partial charge in [-0.25, -0.2) is 4.98 Å². The lowest BCUT2D eigenvalue weighted by molar-refractivity contribution is 0.0209. The summed E-state index contributed by atoms with van der Waals surface area (Å²) < 4.78 is 6.62. The monoisotopic (exact) mass is 304 g/mol. The molecule has 0 spiro atoms. The fourth-order valence-corrected chi connectivity index (χ4v) is 4.27. The molecule has 112 valence electrons. The number of hydrogen-bond acceptors (Lipinski definition) is 6. The van der Waals surface area contributed by atoms with Gasteiger partial charge in [-0.05, 0) is 24.6 Å². The Morgan fingerprint density at radius 2 is 2.10 bits per heavy atom. The lowest BCUT2D eigenvalue weighted by Gasteiger charge is -2.32. The van der Waals surface area contributed by atoms with Gasteiger partial charge in [-0.15, -0.1) is 0 Å². The van der Waals surface area contributed by atoms with Crippen molar-refractivity contribution < 1.29 is 4.74 Å². The molecule has 0 aliphatic carbocycles. The van der Waals surface area contributed by atoms with Crippen LogP contribution in [-0.2, 0) is 4.74 Å². The molecule has 5 nitrogen and oxygen atoms in total. The normalized spacial score (nSPS) is 24.0. The van der Waals surface area contributed by atoms with Gasteiger partial charge in [-0.3, -0.25) is 4.90 Å². The Kier molecular flexibility index (Phi) is 3.45. The van der Waals surface area contributed by atoms with E-state index in [1.165, 1.54) is 11.1 Å². The summed E-state index contributed by atoms with van der Waals surface area (Å²) in [7, 11) is 0. The predicted molar refractivity (Wildman–Crippen MR) is 87.0 cm³/mol. The molecule has 0 radical (unpaired) electrons. The molecule has 0 bridgehead atoms. The topological polar surface area (TPSA) is 54.6 Å². The molecule has 1 aromatic heterocycles. The van der Waals surface area contributed by atoms with Crippen LogP contribution in [0.5, 0.6) is 0 Å². The Morgan fingerprint density at radius 1 is 1.24 bits per heavy atom. The first-order chi connectivity index (χ1) is 10.3. The number of rotatable bonds is 2. The highest BCUT2D eigenvalue weighted by Gasteiger charge is 2.30. The fourth-order valence-electron chi connectivity index (χ4n) is 3.22. The SMILES string of the molecule is Nc1ccc2nc(N3CC[C@H](N4CCOCC4)C3)sc2c1. The smallest absolute Gasteiger partial charge is 0.186 e. The maximum atomic E-state index is 5.85. The first-order valence-electron chi connectivity index (χ1n) is 7.52. The van der Waals surface area contributed by atoms with Crippen molar-refractivity contribution in [2.45, 2.75) is 12.5 Å². The van der Waals surface area contributed by atoms with E-state index in [-0.39, 0.29) is 0 Å². The number of nitrogens with zero attached hydrogens (tertiary/aromatic N) is 3. The second kappa shape index (κ2) is 5.44. The lowest BCUT2D eigenvalue weighted by atomic mass is 10.2. The molecule has 1 aromatic carbocycles. The standard InChI is InChI=1S/C15H20N4OS/c16-11-1-2-13-14(9-11)21-15(17-13)19-4-3-12(10-19)18-5-7-20-8-6-18/h1-2,9,12H,3-8,10,16H2/t12-/m0/s1. The zero-order valence-corrected chi connectivity index (χ0v) is 12.8. The van der Waals surface area contributed by atoms with E-state index in [1.54, 1.807) is 11.3 Å². The highest BCUT2D eigenvalue weighted by molar-refractivity contribution is 7.22. The van der Waals surface area contributed by atoms with Crippen molar-refractivity contribution in [3.05, 3.63) is 18.2 Å². The van der Waals surface area contributed by atoms with E-state index in [4.69, 9.17) is 15.5 Å². The first kappa shape index (κ1) is 13.3. The molecule has 3 heterocycles. The van der Waals surface area contributed by atoms with Crippen LogP contribution in [0.4, 0.5) is 10.8 Å². The average molecular weight is 304 g/mol. The van der Waals surface area contributed by atoms with Gasteiger partial charge in [-0.1, -0.05) is 11.3 Å². The van der Waals surface area contributed by atoms with E-state index in [9.17, 15) is 0 Å². The number of fused-ring (bicyclic) bond motifs is 1. The summed E-state index contributed by atoms with van der Waals surface area (Å²) in [5, 5.41) is 1.13. The molecule has 0 unspecified atom stereocenters. The van der Waals surface area contributed by atoms with Crippen molar-refractivity contribution in [3.63, 3.8) is 0 Å². The Balaban J connectivity index is 1.50. The van der Waals surface area contributed by atoms with Crippen LogP contribution in [0.15, 0.2) is 18.2 Å². The van der Waals surface area contributed by atoms with E-state index in [0.717, 1.165) is 55.7 Å². The van der Waals surface area contributed by atoms with E-state index >= 15 is 0 Å². The maximum absolute atomic E-state index is 5.85. The van der Waals surface area contributed by atoms with Crippen LogP contribution >= 0.6 is 11.3 Å². The maximum Gasteiger partial charge on any atom is 0.186 e. The number of anilines is 2. The highest BCUT2D eigenvalue weighted by Crippen LogP contribution is 2.32. The molecule has 21 heavy (non-hydrogen) atoms. The molecule has 0 saturated carbocycles. The van der Waals surface area contributed by atoms with Crippen LogP contribution in [0.2, 0.25) is 0 Å². The minimum atomic E-state index is 0.644. The van der Waals surface area contributed by atoms with E-state index in [0.29, 0.717) is 6.04 Å². The summed E-state index contributed by atoms with van der Waals surface area (Å²) in [6.07, 6.45) is 1.22. The van der Waals surface area contributed by atoms with Crippen LogP contribution in [-0.4, -0.2) is 55.3 Å². The predicted octanol–water partition coefficient (Wildman–Crippen LogP) is 1.79. The van der Waals surface area contributed by atoms with Crippen LogP contribution in [0.3, 0.4) is 0 Å². The Bertz CT molecular complexity index is 638. The van der Waals surface area contributed by atoms with Gasteiger partial charge in [0.1, 0.15) is 0 Å². The number of morpholine rings is 1. The molecule has 2 aliphatic rings. The Hall–Kier alpha value is -1.37. The molecular formula is C15H20N4OS. The van der Waals surface area contributed by atoms with Crippen molar-refractivity contribution >= 4 is 32.4 Å². The Morgan fingerprint density at radius 3 is 2.95 bits per heavy atom. The van der Waals surface area contributed by atoms with Crippen molar-refractivity contribution in [1.82, 2.24) is 9.88 Å². The molecule has 2 N–H and O–H groups in total. The molecule has 2 aromatic rings. The van der Waals surface area contributed by atoms with E-state index in [1.807, 2.05) is 18.2 Å². The third-order valence-corrected chi connectivity index (χ3v) is 5.48. The molecule has 6 heteroatoms. The molecule has 2 saturated heterocycles. The number of nitrogens with two attached hydrogens (primary N) is 1. The number of aromatic nitrogens is 1. The van der Waals surface area contributed by atoms with Gasteiger partial charge in [0.2, 0.25) is 0 Å². The summed E-state index contributed by atoms with van der Waals surface area (Å²) in [5.74, 6) is 0. The molecule has 1 atom stereocenters. The van der Waals surface area contributed by atoms with Crippen LogP contribution < -0.4 is 10.6 Å². The molecule has 0 amide bonds. The highest BCUT2D eigenvalue weighted by atomic mass is 32.1. The number of thiazole rings is 1. The largest absolute Gasteiger partial charge is 0.399 e. The lowest BCUT2D eigenvalue weighted by Crippen LogP contribution is -2.44. The number of benzene rings is 1. The van der Waals surface area contributed by atoms with Crippen molar-refractivity contribution in [2.75, 3.05) is 50.0 Å². The average Bonchev–Trinajstić information content (AvgIpc) is 3.14. The number of nitrogen functional groups attached to an aromatic ring is 1. The van der Waals surface area contributed by atoms with Gasteiger partial charge in [-0.2, -0.15) is 0 Å². The quantitative estimate of drug-likeness (QED) is 0.857. The van der Waals surface area contributed by atoms with E-state index < -0.39 is 0 Å². The van der Waals surface area contributed by atoms with Gasteiger partial charge >= 0.3 is 0 Å². The van der Waals surface area contributed by atoms with Gasteiger partial charge in [0.15, 0.2) is 5.13 Å². The van der Waals surface area contributed by atoms with Crippen LogP contribution in [0.1, 0.15) is 6.42 Å². The fraction of sp³-hybridized carbons (Fsp3) is 0.533. The molecule has 4 rings (SSSR count). The summed E-state index contributed by atoms with van der Waals surface area (Å²) in [5.41, 5.74) is 7.72. The first-order valence-corrected chi connectivity index (χ1v) is 8.34. The summed E-state index contributed by atoms with van der Waals surface area (Å²) in [6, 6.07) is 6.60.